The molecule has 3 N–H and O–H groups in total. The van der Waals surface area contributed by atoms with Crippen LogP contribution >= 0.6 is 0 Å². The third-order valence-electron chi connectivity index (χ3n) is 2.98. The van der Waals surface area contributed by atoms with Crippen LogP contribution in [0, 0.1) is 11.2 Å². The fourth-order valence-electron chi connectivity index (χ4n) is 1.84. The summed E-state index contributed by atoms with van der Waals surface area (Å²) in [5, 5.41) is 14.1. The van der Waals surface area contributed by atoms with E-state index in [2.05, 4.69) is 10.6 Å². The zero-order valence-electron chi connectivity index (χ0n) is 12.4. The Morgan fingerprint density at radius 3 is 2.52 bits per heavy atom. The number of urea groups is 1. The minimum absolute atomic E-state index is 0.297. The Morgan fingerprint density at radius 2 is 2.00 bits per heavy atom. The third-order valence-corrected chi connectivity index (χ3v) is 2.98. The molecule has 0 aromatic heterocycles. The minimum atomic E-state index is -1.08. The molecule has 1 atom stereocenters. The van der Waals surface area contributed by atoms with Gasteiger partial charge in [0.15, 0.2) is 0 Å². The van der Waals surface area contributed by atoms with Crippen LogP contribution in [0.25, 0.3) is 0 Å². The number of aliphatic carboxylic acids is 1. The maximum Gasteiger partial charge on any atom is 0.326 e. The molecule has 0 aliphatic heterocycles. The number of carboxylic acids is 1. The highest BCUT2D eigenvalue weighted by Gasteiger charge is 2.32. The van der Waals surface area contributed by atoms with Crippen LogP contribution in [0.2, 0.25) is 0 Å². The van der Waals surface area contributed by atoms with E-state index in [9.17, 15) is 14.0 Å². The van der Waals surface area contributed by atoms with E-state index < -0.39 is 23.5 Å². The number of hydrogen-bond donors (Lipinski definition) is 3. The van der Waals surface area contributed by atoms with Crippen molar-refractivity contribution in [3.8, 4) is 0 Å². The second-order valence-corrected chi connectivity index (χ2v) is 5.92. The van der Waals surface area contributed by atoms with E-state index in [0.29, 0.717) is 13.0 Å². The van der Waals surface area contributed by atoms with E-state index >= 15 is 0 Å². The maximum atomic E-state index is 13.0. The number of amides is 2. The molecule has 0 heterocycles. The van der Waals surface area contributed by atoms with Gasteiger partial charge in [-0.05, 0) is 29.5 Å². The number of carboxylic acid groups (broad SMARTS) is 1. The number of rotatable bonds is 5. The van der Waals surface area contributed by atoms with Gasteiger partial charge in [-0.1, -0.05) is 32.9 Å². The molecule has 0 spiro atoms. The molecule has 0 saturated carbocycles. The number of benzene rings is 1. The Morgan fingerprint density at radius 1 is 1.33 bits per heavy atom. The second-order valence-electron chi connectivity index (χ2n) is 5.92. The average molecular weight is 296 g/mol. The van der Waals surface area contributed by atoms with Crippen LogP contribution in [0.4, 0.5) is 9.18 Å². The number of nitrogens with one attached hydrogen (secondary N) is 2. The molecule has 1 unspecified atom stereocenters. The van der Waals surface area contributed by atoms with Crippen molar-refractivity contribution in [2.24, 2.45) is 5.41 Å². The first-order valence-corrected chi connectivity index (χ1v) is 6.72. The summed E-state index contributed by atoms with van der Waals surface area (Å²) >= 11 is 0. The summed E-state index contributed by atoms with van der Waals surface area (Å²) in [7, 11) is 0. The zero-order chi connectivity index (χ0) is 16.0. The Hall–Kier alpha value is -2.11. The number of hydrogen-bond acceptors (Lipinski definition) is 2. The van der Waals surface area contributed by atoms with E-state index in [1.54, 1.807) is 32.9 Å². The van der Waals surface area contributed by atoms with E-state index in [-0.39, 0.29) is 5.82 Å². The van der Waals surface area contributed by atoms with Crippen LogP contribution in [-0.4, -0.2) is 29.7 Å². The minimum Gasteiger partial charge on any atom is -0.480 e. The smallest absolute Gasteiger partial charge is 0.326 e. The first kappa shape index (κ1) is 16.9. The molecule has 5 nitrogen and oxygen atoms in total. The molecular weight excluding hydrogens is 275 g/mol. The highest BCUT2D eigenvalue weighted by molar-refractivity contribution is 5.83. The van der Waals surface area contributed by atoms with Gasteiger partial charge in [0.25, 0.3) is 0 Å². The van der Waals surface area contributed by atoms with E-state index in [1.165, 1.54) is 12.1 Å². The van der Waals surface area contributed by atoms with Crippen molar-refractivity contribution in [2.45, 2.75) is 33.2 Å². The predicted octanol–water partition coefficient (Wildman–Crippen LogP) is 2.17. The van der Waals surface area contributed by atoms with Crippen molar-refractivity contribution in [2.75, 3.05) is 6.54 Å². The molecule has 1 aromatic carbocycles. The van der Waals surface area contributed by atoms with Crippen LogP contribution in [0.1, 0.15) is 26.3 Å². The molecule has 0 fully saturated rings. The van der Waals surface area contributed by atoms with Crippen LogP contribution < -0.4 is 10.6 Å². The van der Waals surface area contributed by atoms with Gasteiger partial charge >= 0.3 is 12.0 Å². The Kier molecular flexibility index (Phi) is 5.69. The van der Waals surface area contributed by atoms with E-state index in [0.717, 1.165) is 5.56 Å². The molecule has 0 radical (unpaired) electrons. The Balaban J connectivity index is 2.45. The molecule has 0 bridgehead atoms. The number of carbonyl (C=O) groups excluding carboxylic acids is 1. The Bertz CT molecular complexity index is 512. The number of carbonyl (C=O) groups is 2. The van der Waals surface area contributed by atoms with Gasteiger partial charge in [0.05, 0.1) is 0 Å². The topological polar surface area (TPSA) is 78.4 Å². The number of halogens is 1. The lowest BCUT2D eigenvalue weighted by Gasteiger charge is -2.27. The summed E-state index contributed by atoms with van der Waals surface area (Å²) in [6, 6.07) is 4.59. The highest BCUT2D eigenvalue weighted by atomic mass is 19.1. The van der Waals surface area contributed by atoms with Gasteiger partial charge in [0.2, 0.25) is 0 Å². The lowest BCUT2D eigenvalue weighted by molar-refractivity contribution is -0.141. The van der Waals surface area contributed by atoms with Crippen molar-refractivity contribution in [1.82, 2.24) is 10.6 Å². The van der Waals surface area contributed by atoms with Crippen molar-refractivity contribution < 1.29 is 19.1 Å². The summed E-state index contributed by atoms with van der Waals surface area (Å²) in [6.07, 6.45) is 0.471. The predicted molar refractivity (Wildman–Crippen MR) is 77.5 cm³/mol. The van der Waals surface area contributed by atoms with Crippen LogP contribution in [0.3, 0.4) is 0 Å². The standard InChI is InChI=1S/C15H21FN2O3/c1-15(2,3)12(13(19)20)18-14(21)17-8-7-10-5-4-6-11(16)9-10/h4-6,9,12H,7-8H2,1-3H3,(H,19,20)(H2,17,18,21). The fraction of sp³-hybridized carbons (Fsp3) is 0.467. The second kappa shape index (κ2) is 7.06. The first-order valence-electron chi connectivity index (χ1n) is 6.72. The lowest BCUT2D eigenvalue weighted by Crippen LogP contribution is -2.52. The van der Waals surface area contributed by atoms with Crippen LogP contribution in [0.15, 0.2) is 24.3 Å². The van der Waals surface area contributed by atoms with Crippen molar-refractivity contribution >= 4 is 12.0 Å². The van der Waals surface area contributed by atoms with E-state index in [1.807, 2.05) is 0 Å². The van der Waals surface area contributed by atoms with Gasteiger partial charge in [0, 0.05) is 6.54 Å². The Labute approximate surface area is 123 Å². The SMILES string of the molecule is CC(C)(C)C(NC(=O)NCCc1cccc(F)c1)C(=O)O. The van der Waals surface area contributed by atoms with Gasteiger partial charge in [-0.3, -0.25) is 0 Å². The zero-order valence-corrected chi connectivity index (χ0v) is 12.4. The summed E-state index contributed by atoms with van der Waals surface area (Å²) in [5.41, 5.74) is 0.173. The van der Waals surface area contributed by atoms with Crippen molar-refractivity contribution in [1.29, 1.82) is 0 Å². The molecule has 1 aromatic rings. The molecule has 0 aliphatic rings. The molecule has 0 saturated heterocycles. The summed E-state index contributed by atoms with van der Waals surface area (Å²) < 4.78 is 13.0. The molecular formula is C15H21FN2O3. The molecule has 0 aliphatic carbocycles. The van der Waals surface area contributed by atoms with Crippen molar-refractivity contribution in [3.63, 3.8) is 0 Å². The molecule has 1 rings (SSSR count). The van der Waals surface area contributed by atoms with Gasteiger partial charge in [-0.25, -0.2) is 14.0 Å². The fourth-order valence-corrected chi connectivity index (χ4v) is 1.84. The average Bonchev–Trinajstić information content (AvgIpc) is 2.34. The normalized spacial score (nSPS) is 12.6. The highest BCUT2D eigenvalue weighted by Crippen LogP contribution is 2.19. The third kappa shape index (κ3) is 5.81. The largest absolute Gasteiger partial charge is 0.480 e. The molecule has 116 valence electrons. The van der Waals surface area contributed by atoms with Gasteiger partial charge in [-0.15, -0.1) is 0 Å². The first-order chi connectivity index (χ1) is 9.70. The maximum absolute atomic E-state index is 13.0. The van der Waals surface area contributed by atoms with Crippen molar-refractivity contribution in [3.05, 3.63) is 35.6 Å². The summed E-state index contributed by atoms with van der Waals surface area (Å²) in [6.45, 7) is 5.50. The van der Waals surface area contributed by atoms with Gasteiger partial charge in [-0.2, -0.15) is 0 Å². The monoisotopic (exact) mass is 296 g/mol. The molecule has 2 amide bonds. The molecule has 21 heavy (non-hydrogen) atoms. The van der Waals surface area contributed by atoms with Crippen LogP contribution in [0.5, 0.6) is 0 Å². The summed E-state index contributed by atoms with van der Waals surface area (Å²) in [5.74, 6) is -1.40. The molecule has 6 heteroatoms. The lowest BCUT2D eigenvalue weighted by atomic mass is 9.87. The van der Waals surface area contributed by atoms with Gasteiger partial charge in [0.1, 0.15) is 11.9 Å². The quantitative estimate of drug-likeness (QED) is 0.779. The van der Waals surface area contributed by atoms with Crippen LogP contribution in [-0.2, 0) is 11.2 Å². The summed E-state index contributed by atoms with van der Waals surface area (Å²) in [4.78, 5) is 22.8. The van der Waals surface area contributed by atoms with E-state index in [4.69, 9.17) is 5.11 Å². The van der Waals surface area contributed by atoms with Gasteiger partial charge < -0.3 is 15.7 Å².